The third kappa shape index (κ3) is 4.68. The minimum atomic E-state index is -0.363. The number of hydrogen-bond donors (Lipinski definition) is 2. The van der Waals surface area contributed by atoms with Crippen molar-refractivity contribution in [3.05, 3.63) is 65.7 Å². The van der Waals surface area contributed by atoms with Crippen molar-refractivity contribution >= 4 is 17.6 Å². The normalized spacial score (nSPS) is 15.7. The molecule has 0 saturated carbocycles. The van der Waals surface area contributed by atoms with Crippen LogP contribution in [-0.2, 0) is 22.4 Å². The van der Waals surface area contributed by atoms with E-state index in [1.165, 1.54) is 11.1 Å². The van der Waals surface area contributed by atoms with E-state index in [1.54, 1.807) is 0 Å². The van der Waals surface area contributed by atoms with Crippen molar-refractivity contribution in [3.8, 4) is 16.9 Å². The maximum absolute atomic E-state index is 12.6. The van der Waals surface area contributed by atoms with E-state index in [0.29, 0.717) is 12.4 Å². The molecule has 1 atom stereocenters. The fourth-order valence-corrected chi connectivity index (χ4v) is 3.91. The van der Waals surface area contributed by atoms with E-state index < -0.39 is 0 Å². The van der Waals surface area contributed by atoms with E-state index in [1.807, 2.05) is 10.7 Å². The number of nitrogens with zero attached hydrogens (tertiary/aromatic N) is 2. The molecule has 2 N–H and O–H groups in total. The molecule has 1 fully saturated rings. The molecule has 1 aliphatic heterocycles. The highest BCUT2D eigenvalue weighted by Gasteiger charge is 2.28. The molecule has 31 heavy (non-hydrogen) atoms. The van der Waals surface area contributed by atoms with Crippen LogP contribution in [0.4, 0.5) is 5.82 Å². The Kier molecular flexibility index (Phi) is 6.16. The summed E-state index contributed by atoms with van der Waals surface area (Å²) in [7, 11) is 0. The number of aromatic nitrogens is 2. The maximum atomic E-state index is 12.6. The van der Waals surface area contributed by atoms with Gasteiger partial charge in [-0.3, -0.25) is 9.59 Å². The number of carbonyl (C=O) groups excluding carboxylic acids is 2. The number of amides is 2. The topological polar surface area (TPSA) is 76.0 Å². The molecule has 160 valence electrons. The zero-order chi connectivity index (χ0) is 21.8. The van der Waals surface area contributed by atoms with Gasteiger partial charge in [0.2, 0.25) is 11.8 Å². The summed E-state index contributed by atoms with van der Waals surface area (Å²) in [6, 6.07) is 18.7. The van der Waals surface area contributed by atoms with E-state index in [-0.39, 0.29) is 24.2 Å². The van der Waals surface area contributed by atoms with Gasteiger partial charge in [-0.05, 0) is 42.2 Å². The van der Waals surface area contributed by atoms with Gasteiger partial charge in [0, 0.05) is 24.6 Å². The summed E-state index contributed by atoms with van der Waals surface area (Å²) in [5.74, 6) is -0.150. The predicted octanol–water partition coefficient (Wildman–Crippen LogP) is 4.13. The van der Waals surface area contributed by atoms with Crippen LogP contribution in [0.2, 0.25) is 0 Å². The Bertz CT molecular complexity index is 1090. The van der Waals surface area contributed by atoms with Crippen molar-refractivity contribution < 1.29 is 9.59 Å². The number of nitrogens with one attached hydrogen (secondary N) is 2. The second-order valence-corrected chi connectivity index (χ2v) is 7.99. The molecule has 0 spiro atoms. The molecule has 3 aromatic rings. The Labute approximate surface area is 182 Å². The van der Waals surface area contributed by atoms with Crippen molar-refractivity contribution in [2.24, 2.45) is 5.92 Å². The second kappa shape index (κ2) is 9.16. The molecular weight excluding hydrogens is 388 g/mol. The number of aryl methyl sites for hydroxylation is 2. The standard InChI is InChI=1S/C25H28N4O2/c1-3-6-18-7-5-8-19(13-18)22-15-23(27-25(31)20-14-24(30)26-16-20)28-29(22)21-11-9-17(4-2)10-12-21/h5,7-13,15,20H,3-4,6,14,16H2,1-2H3,(H,26,30)(H,27,28,31)/t20-/m0/s1. The SMILES string of the molecule is CCCc1cccc(-c2cc(NC(=O)[C@@H]3CNC(=O)C3)nn2-c2ccc(CC)cc2)c1. The Hall–Kier alpha value is -3.41. The van der Waals surface area contributed by atoms with E-state index in [2.05, 4.69) is 73.0 Å². The van der Waals surface area contributed by atoms with Gasteiger partial charge in [0.25, 0.3) is 0 Å². The monoisotopic (exact) mass is 416 g/mol. The first-order valence-corrected chi connectivity index (χ1v) is 10.9. The van der Waals surface area contributed by atoms with Crippen LogP contribution in [0.1, 0.15) is 37.8 Å². The summed E-state index contributed by atoms with van der Waals surface area (Å²) >= 11 is 0. The van der Waals surface area contributed by atoms with Gasteiger partial charge in [-0.25, -0.2) is 4.68 Å². The first kappa shape index (κ1) is 20.8. The third-order valence-electron chi connectivity index (χ3n) is 5.66. The molecule has 6 heteroatoms. The molecule has 0 aliphatic carbocycles. The molecule has 2 aromatic carbocycles. The average molecular weight is 417 g/mol. The van der Waals surface area contributed by atoms with Crippen LogP contribution in [0.5, 0.6) is 0 Å². The maximum Gasteiger partial charge on any atom is 0.230 e. The Morgan fingerprint density at radius 3 is 2.61 bits per heavy atom. The third-order valence-corrected chi connectivity index (χ3v) is 5.66. The average Bonchev–Trinajstić information content (AvgIpc) is 3.41. The van der Waals surface area contributed by atoms with Gasteiger partial charge < -0.3 is 10.6 Å². The summed E-state index contributed by atoms with van der Waals surface area (Å²) in [5.41, 5.74) is 5.44. The van der Waals surface area contributed by atoms with Crippen LogP contribution in [0, 0.1) is 5.92 Å². The highest BCUT2D eigenvalue weighted by molar-refractivity contribution is 5.97. The van der Waals surface area contributed by atoms with E-state index in [4.69, 9.17) is 5.10 Å². The van der Waals surface area contributed by atoms with Gasteiger partial charge in [-0.1, -0.05) is 50.6 Å². The Balaban J connectivity index is 1.70. The van der Waals surface area contributed by atoms with E-state index in [9.17, 15) is 9.59 Å². The molecule has 2 amide bonds. The molecular formula is C25H28N4O2. The molecule has 0 radical (unpaired) electrons. The molecule has 2 heterocycles. The highest BCUT2D eigenvalue weighted by Crippen LogP contribution is 2.28. The minimum absolute atomic E-state index is 0.0879. The fraction of sp³-hybridized carbons (Fsp3) is 0.320. The quantitative estimate of drug-likeness (QED) is 0.608. The zero-order valence-corrected chi connectivity index (χ0v) is 18.0. The molecule has 0 bridgehead atoms. The van der Waals surface area contributed by atoms with Crippen LogP contribution >= 0.6 is 0 Å². The Morgan fingerprint density at radius 2 is 1.94 bits per heavy atom. The van der Waals surface area contributed by atoms with Crippen LogP contribution in [-0.4, -0.2) is 28.1 Å². The molecule has 4 rings (SSSR count). The summed E-state index contributed by atoms with van der Waals surface area (Å²) in [6.45, 7) is 4.67. The van der Waals surface area contributed by atoms with Crippen LogP contribution < -0.4 is 10.6 Å². The number of hydrogen-bond acceptors (Lipinski definition) is 3. The van der Waals surface area contributed by atoms with Crippen molar-refractivity contribution in [1.82, 2.24) is 15.1 Å². The smallest absolute Gasteiger partial charge is 0.230 e. The summed E-state index contributed by atoms with van der Waals surface area (Å²) < 4.78 is 1.87. The molecule has 1 aliphatic rings. The number of rotatable bonds is 7. The van der Waals surface area contributed by atoms with Gasteiger partial charge >= 0.3 is 0 Å². The molecule has 6 nitrogen and oxygen atoms in total. The molecule has 0 unspecified atom stereocenters. The number of anilines is 1. The summed E-state index contributed by atoms with van der Waals surface area (Å²) in [6.07, 6.45) is 3.29. The van der Waals surface area contributed by atoms with Crippen molar-refractivity contribution in [2.45, 2.75) is 39.5 Å². The van der Waals surface area contributed by atoms with E-state index in [0.717, 1.165) is 36.2 Å². The largest absolute Gasteiger partial charge is 0.355 e. The highest BCUT2D eigenvalue weighted by atomic mass is 16.2. The first-order chi connectivity index (χ1) is 15.1. The van der Waals surface area contributed by atoms with Gasteiger partial charge in [0.1, 0.15) is 0 Å². The number of carbonyl (C=O) groups is 2. The lowest BCUT2D eigenvalue weighted by atomic mass is 10.0. The van der Waals surface area contributed by atoms with E-state index >= 15 is 0 Å². The molecule has 1 aromatic heterocycles. The van der Waals surface area contributed by atoms with Gasteiger partial charge in [0.05, 0.1) is 17.3 Å². The van der Waals surface area contributed by atoms with Crippen molar-refractivity contribution in [1.29, 1.82) is 0 Å². The van der Waals surface area contributed by atoms with Crippen molar-refractivity contribution in [2.75, 3.05) is 11.9 Å². The first-order valence-electron chi connectivity index (χ1n) is 10.9. The minimum Gasteiger partial charge on any atom is -0.355 e. The predicted molar refractivity (Wildman–Crippen MR) is 122 cm³/mol. The lowest BCUT2D eigenvalue weighted by Gasteiger charge is -2.09. The lowest BCUT2D eigenvalue weighted by molar-refractivity contribution is -0.123. The second-order valence-electron chi connectivity index (χ2n) is 7.99. The van der Waals surface area contributed by atoms with Crippen LogP contribution in [0.15, 0.2) is 54.6 Å². The Morgan fingerprint density at radius 1 is 1.13 bits per heavy atom. The lowest BCUT2D eigenvalue weighted by Crippen LogP contribution is -2.24. The van der Waals surface area contributed by atoms with Gasteiger partial charge in [0.15, 0.2) is 5.82 Å². The van der Waals surface area contributed by atoms with Gasteiger partial charge in [-0.2, -0.15) is 0 Å². The number of benzene rings is 2. The molecule has 1 saturated heterocycles. The fourth-order valence-electron chi connectivity index (χ4n) is 3.91. The van der Waals surface area contributed by atoms with Crippen LogP contribution in [0.25, 0.3) is 16.9 Å². The van der Waals surface area contributed by atoms with Crippen molar-refractivity contribution in [3.63, 3.8) is 0 Å². The summed E-state index contributed by atoms with van der Waals surface area (Å²) in [4.78, 5) is 24.1. The summed E-state index contributed by atoms with van der Waals surface area (Å²) in [5, 5.41) is 10.3. The zero-order valence-electron chi connectivity index (χ0n) is 18.0. The van der Waals surface area contributed by atoms with Crippen LogP contribution in [0.3, 0.4) is 0 Å². The van der Waals surface area contributed by atoms with Gasteiger partial charge in [-0.15, -0.1) is 5.10 Å².